The van der Waals surface area contributed by atoms with Crippen molar-refractivity contribution in [1.29, 1.82) is 0 Å². The average molecular weight is 330 g/mol. The van der Waals surface area contributed by atoms with Crippen LogP contribution in [0.15, 0.2) is 36.4 Å². The number of methoxy groups -OCH3 is 1. The van der Waals surface area contributed by atoms with Crippen LogP contribution in [0.1, 0.15) is 11.1 Å². The molecule has 7 nitrogen and oxygen atoms in total. The Hall–Kier alpha value is -3.09. The maximum atomic E-state index is 12.0. The molecule has 0 aromatic heterocycles. The number of hydrogen-bond donors (Lipinski definition) is 1. The molecule has 0 fully saturated rings. The van der Waals surface area contributed by atoms with Crippen molar-refractivity contribution in [3.05, 3.63) is 57.6 Å². The van der Waals surface area contributed by atoms with E-state index in [1.54, 1.807) is 0 Å². The summed E-state index contributed by atoms with van der Waals surface area (Å²) in [7, 11) is 1.33. The number of anilines is 1. The molecule has 0 radical (unpaired) electrons. The van der Waals surface area contributed by atoms with Crippen molar-refractivity contribution in [2.45, 2.75) is 13.8 Å². The van der Waals surface area contributed by atoms with Crippen LogP contribution >= 0.6 is 0 Å². The Balaban J connectivity index is 2.01. The number of carbonyl (C=O) groups is 1. The number of carbonyl (C=O) groups excluding carboxylic acids is 1. The third kappa shape index (κ3) is 4.01. The van der Waals surface area contributed by atoms with Gasteiger partial charge in [0.15, 0.2) is 6.61 Å². The number of hydrogen-bond acceptors (Lipinski definition) is 5. The van der Waals surface area contributed by atoms with Gasteiger partial charge >= 0.3 is 5.69 Å². The van der Waals surface area contributed by atoms with Gasteiger partial charge in [-0.2, -0.15) is 0 Å². The van der Waals surface area contributed by atoms with E-state index in [4.69, 9.17) is 9.47 Å². The van der Waals surface area contributed by atoms with Gasteiger partial charge in [0, 0.05) is 17.8 Å². The monoisotopic (exact) mass is 330 g/mol. The van der Waals surface area contributed by atoms with E-state index in [-0.39, 0.29) is 24.0 Å². The molecule has 7 heteroatoms. The van der Waals surface area contributed by atoms with Gasteiger partial charge in [-0.3, -0.25) is 14.9 Å². The molecule has 0 spiro atoms. The fraction of sp³-hybridized carbons (Fsp3) is 0.235. The number of nitro benzene ring substituents is 1. The van der Waals surface area contributed by atoms with Gasteiger partial charge in [0.2, 0.25) is 5.75 Å². The summed E-state index contributed by atoms with van der Waals surface area (Å²) in [6.07, 6.45) is 0. The molecule has 0 aliphatic rings. The van der Waals surface area contributed by atoms with Crippen LogP contribution in [-0.4, -0.2) is 24.5 Å². The molecule has 0 aliphatic heterocycles. The van der Waals surface area contributed by atoms with Crippen molar-refractivity contribution < 1.29 is 19.2 Å². The molecule has 1 amide bonds. The summed E-state index contributed by atoms with van der Waals surface area (Å²) >= 11 is 0. The molecule has 2 rings (SSSR count). The van der Waals surface area contributed by atoms with E-state index in [1.807, 2.05) is 32.0 Å². The molecule has 1 N–H and O–H groups in total. The van der Waals surface area contributed by atoms with E-state index in [9.17, 15) is 14.9 Å². The number of ether oxygens (including phenoxy) is 2. The zero-order valence-corrected chi connectivity index (χ0v) is 13.7. The standard InChI is InChI=1S/C17H18N2O5/c1-11-5-4-6-14(12(11)2)18-17(20)10-24-13-7-8-15(19(21)22)16(9-13)23-3/h4-9H,10H2,1-3H3,(H,18,20). The molecule has 0 unspecified atom stereocenters. The molecule has 2 aromatic carbocycles. The van der Waals surface area contributed by atoms with Crippen molar-refractivity contribution in [2.75, 3.05) is 19.0 Å². The molecule has 0 aliphatic carbocycles. The zero-order valence-electron chi connectivity index (χ0n) is 13.7. The molecule has 126 valence electrons. The summed E-state index contributed by atoms with van der Waals surface area (Å²) in [5, 5.41) is 13.6. The second kappa shape index (κ2) is 7.45. The minimum absolute atomic E-state index is 0.0763. The van der Waals surface area contributed by atoms with Gasteiger partial charge in [-0.25, -0.2) is 0 Å². The Morgan fingerprint density at radius 2 is 2.00 bits per heavy atom. The summed E-state index contributed by atoms with van der Waals surface area (Å²) in [6.45, 7) is 3.67. The zero-order chi connectivity index (χ0) is 17.7. The van der Waals surface area contributed by atoms with E-state index in [0.29, 0.717) is 5.75 Å². The second-order valence-corrected chi connectivity index (χ2v) is 5.18. The fourth-order valence-corrected chi connectivity index (χ4v) is 2.12. The lowest BCUT2D eigenvalue weighted by atomic mass is 10.1. The van der Waals surface area contributed by atoms with Crippen LogP contribution in [0.25, 0.3) is 0 Å². The van der Waals surface area contributed by atoms with Gasteiger partial charge in [-0.1, -0.05) is 12.1 Å². The maximum Gasteiger partial charge on any atom is 0.311 e. The van der Waals surface area contributed by atoms with Crippen LogP contribution in [-0.2, 0) is 4.79 Å². The van der Waals surface area contributed by atoms with Crippen molar-refractivity contribution in [3.8, 4) is 11.5 Å². The highest BCUT2D eigenvalue weighted by molar-refractivity contribution is 5.92. The van der Waals surface area contributed by atoms with Gasteiger partial charge in [0.05, 0.1) is 12.0 Å². The van der Waals surface area contributed by atoms with Crippen molar-refractivity contribution in [1.82, 2.24) is 0 Å². The average Bonchev–Trinajstić information content (AvgIpc) is 2.56. The summed E-state index contributed by atoms with van der Waals surface area (Å²) in [6, 6.07) is 9.71. The van der Waals surface area contributed by atoms with Gasteiger partial charge in [-0.15, -0.1) is 0 Å². The Kier molecular flexibility index (Phi) is 5.36. The largest absolute Gasteiger partial charge is 0.490 e. The highest BCUT2D eigenvalue weighted by Crippen LogP contribution is 2.30. The number of benzene rings is 2. The van der Waals surface area contributed by atoms with E-state index < -0.39 is 4.92 Å². The molecule has 0 saturated heterocycles. The van der Waals surface area contributed by atoms with Gasteiger partial charge in [0.25, 0.3) is 5.91 Å². The highest BCUT2D eigenvalue weighted by Gasteiger charge is 2.15. The number of aryl methyl sites for hydroxylation is 1. The molecule has 0 bridgehead atoms. The van der Waals surface area contributed by atoms with Crippen molar-refractivity contribution in [3.63, 3.8) is 0 Å². The summed E-state index contributed by atoms with van der Waals surface area (Å²) in [5.41, 5.74) is 2.63. The minimum Gasteiger partial charge on any atom is -0.490 e. The van der Waals surface area contributed by atoms with Gasteiger partial charge in [0.1, 0.15) is 5.75 Å². The van der Waals surface area contributed by atoms with Gasteiger partial charge in [-0.05, 0) is 37.1 Å². The third-order valence-corrected chi connectivity index (χ3v) is 3.60. The Labute approximate surface area is 139 Å². The lowest BCUT2D eigenvalue weighted by Gasteiger charge is -2.11. The van der Waals surface area contributed by atoms with Crippen LogP contribution in [0.5, 0.6) is 11.5 Å². The molecule has 0 saturated carbocycles. The molecular weight excluding hydrogens is 312 g/mol. The number of amides is 1. The maximum absolute atomic E-state index is 12.0. The lowest BCUT2D eigenvalue weighted by molar-refractivity contribution is -0.385. The van der Waals surface area contributed by atoms with E-state index >= 15 is 0 Å². The second-order valence-electron chi connectivity index (χ2n) is 5.18. The molecule has 0 atom stereocenters. The van der Waals surface area contributed by atoms with Crippen LogP contribution in [0.2, 0.25) is 0 Å². The third-order valence-electron chi connectivity index (χ3n) is 3.60. The predicted octanol–water partition coefficient (Wildman–Crippen LogP) is 3.24. The first-order valence-electron chi connectivity index (χ1n) is 7.23. The summed E-state index contributed by atoms with van der Waals surface area (Å²) < 4.78 is 10.3. The molecule has 24 heavy (non-hydrogen) atoms. The van der Waals surface area contributed by atoms with Crippen LogP contribution < -0.4 is 14.8 Å². The normalized spacial score (nSPS) is 10.1. The van der Waals surface area contributed by atoms with Gasteiger partial charge < -0.3 is 14.8 Å². The summed E-state index contributed by atoms with van der Waals surface area (Å²) in [5.74, 6) is 0.0713. The van der Waals surface area contributed by atoms with Crippen molar-refractivity contribution in [2.24, 2.45) is 0 Å². The van der Waals surface area contributed by atoms with E-state index in [1.165, 1.54) is 25.3 Å². The minimum atomic E-state index is -0.546. The quantitative estimate of drug-likeness (QED) is 0.648. The van der Waals surface area contributed by atoms with E-state index in [2.05, 4.69) is 5.32 Å². The predicted molar refractivity (Wildman–Crippen MR) is 89.7 cm³/mol. The fourth-order valence-electron chi connectivity index (χ4n) is 2.12. The topological polar surface area (TPSA) is 90.7 Å². The number of nitrogens with zero attached hydrogens (tertiary/aromatic N) is 1. The number of nitro groups is 1. The number of rotatable bonds is 6. The smallest absolute Gasteiger partial charge is 0.311 e. The first-order chi connectivity index (χ1) is 11.4. The Morgan fingerprint density at radius 3 is 2.67 bits per heavy atom. The molecule has 2 aromatic rings. The number of nitrogens with one attached hydrogen (secondary N) is 1. The first kappa shape index (κ1) is 17.3. The SMILES string of the molecule is COc1cc(OCC(=O)Nc2cccc(C)c2C)ccc1[N+](=O)[O-]. The van der Waals surface area contributed by atoms with E-state index in [0.717, 1.165) is 16.8 Å². The lowest BCUT2D eigenvalue weighted by Crippen LogP contribution is -2.20. The van der Waals surface area contributed by atoms with Crippen LogP contribution in [0, 0.1) is 24.0 Å². The highest BCUT2D eigenvalue weighted by atomic mass is 16.6. The summed E-state index contributed by atoms with van der Waals surface area (Å²) in [4.78, 5) is 22.3. The van der Waals surface area contributed by atoms with Crippen LogP contribution in [0.4, 0.5) is 11.4 Å². The molecular formula is C17H18N2O5. The van der Waals surface area contributed by atoms with Crippen molar-refractivity contribution >= 4 is 17.3 Å². The Bertz CT molecular complexity index is 774. The first-order valence-corrected chi connectivity index (χ1v) is 7.23. The molecule has 0 heterocycles. The Morgan fingerprint density at radius 1 is 1.25 bits per heavy atom. The van der Waals surface area contributed by atoms with Crippen LogP contribution in [0.3, 0.4) is 0 Å².